The molecule has 0 spiro atoms. The van der Waals surface area contributed by atoms with Gasteiger partial charge in [0.15, 0.2) is 0 Å². The van der Waals surface area contributed by atoms with E-state index in [-0.39, 0.29) is 18.2 Å². The minimum atomic E-state index is -0.999. The third kappa shape index (κ3) is 4.81. The molecule has 0 heterocycles. The molecular weight excluding hydrogens is 184 g/mol. The molecule has 0 radical (unpaired) electrons. The van der Waals surface area contributed by atoms with Gasteiger partial charge in [-0.15, -0.1) is 0 Å². The van der Waals surface area contributed by atoms with Crippen LogP contribution in [0, 0.1) is 5.92 Å². The zero-order valence-corrected chi connectivity index (χ0v) is 8.62. The molecule has 1 amide bonds. The van der Waals surface area contributed by atoms with Gasteiger partial charge in [0.2, 0.25) is 5.91 Å². The molecule has 82 valence electrons. The maximum Gasteiger partial charge on any atom is 0.326 e. The highest BCUT2D eigenvalue weighted by atomic mass is 16.4. The van der Waals surface area contributed by atoms with Crippen LogP contribution in [0.2, 0.25) is 0 Å². The molecule has 0 aliphatic heterocycles. The normalized spacial score (nSPS) is 14.5. The quantitative estimate of drug-likeness (QED) is 0.563. The summed E-state index contributed by atoms with van der Waals surface area (Å²) in [5, 5.41) is 11.1. The van der Waals surface area contributed by atoms with Crippen LogP contribution >= 0.6 is 0 Å². The summed E-state index contributed by atoms with van der Waals surface area (Å²) in [6.07, 6.45) is 0.665. The number of amides is 1. The molecule has 0 saturated carbocycles. The van der Waals surface area contributed by atoms with Crippen LogP contribution in [0.15, 0.2) is 0 Å². The molecule has 2 atom stereocenters. The molecular formula is C9H18N2O3. The fourth-order valence-corrected chi connectivity index (χ4v) is 0.991. The summed E-state index contributed by atoms with van der Waals surface area (Å²) < 4.78 is 0. The fourth-order valence-electron chi connectivity index (χ4n) is 0.991. The molecule has 1 unspecified atom stereocenters. The lowest BCUT2D eigenvalue weighted by Crippen LogP contribution is -2.41. The topological polar surface area (TPSA) is 92.4 Å². The van der Waals surface area contributed by atoms with Gasteiger partial charge in [-0.25, -0.2) is 4.79 Å². The van der Waals surface area contributed by atoms with Gasteiger partial charge in [0, 0.05) is 6.42 Å². The second kappa shape index (κ2) is 6.37. The van der Waals surface area contributed by atoms with E-state index in [4.69, 9.17) is 10.8 Å². The molecule has 0 bridgehead atoms. The Kier molecular flexibility index (Phi) is 5.87. The van der Waals surface area contributed by atoms with E-state index in [1.807, 2.05) is 6.92 Å². The summed E-state index contributed by atoms with van der Waals surface area (Å²) >= 11 is 0. The van der Waals surface area contributed by atoms with Crippen molar-refractivity contribution >= 4 is 11.9 Å². The van der Waals surface area contributed by atoms with Gasteiger partial charge < -0.3 is 16.2 Å². The van der Waals surface area contributed by atoms with Crippen molar-refractivity contribution in [2.24, 2.45) is 11.7 Å². The number of aliphatic carboxylic acids is 1. The van der Waals surface area contributed by atoms with Crippen LogP contribution in [0.4, 0.5) is 0 Å². The van der Waals surface area contributed by atoms with Gasteiger partial charge >= 0.3 is 5.97 Å². The Hall–Kier alpha value is -1.10. The Labute approximate surface area is 83.7 Å². The average molecular weight is 202 g/mol. The molecule has 0 aliphatic rings. The first-order valence-electron chi connectivity index (χ1n) is 4.73. The number of carboxylic acid groups (broad SMARTS) is 1. The van der Waals surface area contributed by atoms with E-state index in [2.05, 4.69) is 5.32 Å². The summed E-state index contributed by atoms with van der Waals surface area (Å²) in [5.74, 6) is -1.17. The molecule has 0 aromatic rings. The summed E-state index contributed by atoms with van der Waals surface area (Å²) in [7, 11) is 0. The monoisotopic (exact) mass is 202 g/mol. The molecule has 4 N–H and O–H groups in total. The molecule has 5 nitrogen and oxygen atoms in total. The first kappa shape index (κ1) is 12.9. The number of carbonyl (C=O) groups excluding carboxylic acids is 1. The first-order valence-corrected chi connectivity index (χ1v) is 4.73. The molecule has 0 rings (SSSR count). The second-order valence-corrected chi connectivity index (χ2v) is 3.41. The summed E-state index contributed by atoms with van der Waals surface area (Å²) in [5.41, 5.74) is 5.35. The van der Waals surface area contributed by atoms with Crippen molar-refractivity contribution in [3.63, 3.8) is 0 Å². The minimum Gasteiger partial charge on any atom is -0.480 e. The second-order valence-electron chi connectivity index (χ2n) is 3.41. The van der Waals surface area contributed by atoms with E-state index in [1.54, 1.807) is 6.92 Å². The third-order valence-corrected chi connectivity index (χ3v) is 1.98. The van der Waals surface area contributed by atoms with Crippen molar-refractivity contribution < 1.29 is 14.7 Å². The predicted octanol–water partition coefficient (Wildman–Crippen LogP) is -0.0493. The van der Waals surface area contributed by atoms with Gasteiger partial charge in [0.25, 0.3) is 0 Å². The average Bonchev–Trinajstić information content (AvgIpc) is 2.13. The van der Waals surface area contributed by atoms with E-state index in [0.29, 0.717) is 13.0 Å². The zero-order chi connectivity index (χ0) is 11.1. The number of rotatable bonds is 6. The summed E-state index contributed by atoms with van der Waals surface area (Å²) in [6.45, 7) is 3.99. The number of carboxylic acids is 1. The van der Waals surface area contributed by atoms with Crippen LogP contribution in [-0.4, -0.2) is 29.6 Å². The summed E-state index contributed by atoms with van der Waals surface area (Å²) in [4.78, 5) is 21.8. The zero-order valence-electron chi connectivity index (χ0n) is 8.62. The highest BCUT2D eigenvalue weighted by Crippen LogP contribution is 2.00. The maximum atomic E-state index is 11.3. The van der Waals surface area contributed by atoms with Crippen LogP contribution in [0.25, 0.3) is 0 Å². The van der Waals surface area contributed by atoms with Crippen LogP contribution in [0.5, 0.6) is 0 Å². The Morgan fingerprint density at radius 2 is 2.07 bits per heavy atom. The van der Waals surface area contributed by atoms with Gasteiger partial charge in [-0.1, -0.05) is 13.8 Å². The van der Waals surface area contributed by atoms with E-state index in [9.17, 15) is 9.59 Å². The van der Waals surface area contributed by atoms with Crippen molar-refractivity contribution in [3.05, 3.63) is 0 Å². The lowest BCUT2D eigenvalue weighted by molar-refractivity contribution is -0.142. The van der Waals surface area contributed by atoms with Crippen molar-refractivity contribution in [1.82, 2.24) is 5.32 Å². The van der Waals surface area contributed by atoms with E-state index < -0.39 is 12.0 Å². The Balaban J connectivity index is 3.97. The lowest BCUT2D eigenvalue weighted by atomic mass is 10.1. The highest BCUT2D eigenvalue weighted by Gasteiger charge is 2.18. The standard InChI is InChI=1S/C9H18N2O3/c1-3-7(9(13)14)11-8(12)4-6(2)5-10/h6-7H,3-5,10H2,1-2H3,(H,11,12)(H,13,14)/t6?,7-/m0/s1. The van der Waals surface area contributed by atoms with Gasteiger partial charge in [-0.05, 0) is 18.9 Å². The largest absolute Gasteiger partial charge is 0.480 e. The molecule has 0 aliphatic carbocycles. The number of hydrogen-bond acceptors (Lipinski definition) is 3. The Bertz CT molecular complexity index is 206. The van der Waals surface area contributed by atoms with Gasteiger partial charge in [0.1, 0.15) is 6.04 Å². The van der Waals surface area contributed by atoms with Gasteiger partial charge in [0.05, 0.1) is 0 Å². The number of nitrogens with two attached hydrogens (primary N) is 1. The smallest absolute Gasteiger partial charge is 0.326 e. The molecule has 0 aromatic carbocycles. The number of nitrogens with one attached hydrogen (secondary N) is 1. The van der Waals surface area contributed by atoms with Crippen LogP contribution < -0.4 is 11.1 Å². The van der Waals surface area contributed by atoms with E-state index >= 15 is 0 Å². The SMILES string of the molecule is CC[C@H](NC(=O)CC(C)CN)C(=O)O. The fraction of sp³-hybridized carbons (Fsp3) is 0.778. The van der Waals surface area contributed by atoms with E-state index in [0.717, 1.165) is 0 Å². The van der Waals surface area contributed by atoms with Crippen molar-refractivity contribution in [2.75, 3.05) is 6.54 Å². The van der Waals surface area contributed by atoms with Crippen LogP contribution in [-0.2, 0) is 9.59 Å². The Morgan fingerprint density at radius 3 is 2.43 bits per heavy atom. The summed E-state index contributed by atoms with van der Waals surface area (Å²) in [6, 6.07) is -0.785. The first-order chi connectivity index (χ1) is 6.51. The van der Waals surface area contributed by atoms with Crippen molar-refractivity contribution in [1.29, 1.82) is 0 Å². The highest BCUT2D eigenvalue weighted by molar-refractivity contribution is 5.83. The molecule has 14 heavy (non-hydrogen) atoms. The maximum absolute atomic E-state index is 11.3. The molecule has 5 heteroatoms. The minimum absolute atomic E-state index is 0.0845. The van der Waals surface area contributed by atoms with E-state index in [1.165, 1.54) is 0 Å². The number of hydrogen-bond donors (Lipinski definition) is 3. The third-order valence-electron chi connectivity index (χ3n) is 1.98. The number of carbonyl (C=O) groups is 2. The van der Waals surface area contributed by atoms with Crippen LogP contribution in [0.1, 0.15) is 26.7 Å². The molecule has 0 fully saturated rings. The molecule has 0 aromatic heterocycles. The van der Waals surface area contributed by atoms with Crippen molar-refractivity contribution in [3.8, 4) is 0 Å². The lowest BCUT2D eigenvalue weighted by Gasteiger charge is -2.13. The Morgan fingerprint density at radius 1 is 1.50 bits per heavy atom. The van der Waals surface area contributed by atoms with Crippen molar-refractivity contribution in [2.45, 2.75) is 32.7 Å². The van der Waals surface area contributed by atoms with Gasteiger partial charge in [-0.3, -0.25) is 4.79 Å². The molecule has 0 saturated heterocycles. The van der Waals surface area contributed by atoms with Gasteiger partial charge in [-0.2, -0.15) is 0 Å². The predicted molar refractivity (Wildman–Crippen MR) is 52.7 cm³/mol. The van der Waals surface area contributed by atoms with Crippen LogP contribution in [0.3, 0.4) is 0 Å².